The highest BCUT2D eigenvalue weighted by atomic mass is 16.4. The molecule has 0 aliphatic rings. The SMILES string of the molecule is CC(CC(C)(C)C)C(C(C)CC(C)(C)C(=O)O)(C(C)CC(C)(C)C(=O)O)N(C)CC(C)(C)C. The quantitative estimate of drug-likeness (QED) is 0.320. The highest BCUT2D eigenvalue weighted by molar-refractivity contribution is 5.74. The molecule has 3 atom stereocenters. The average molecular weight is 470 g/mol. The molecule has 3 unspecified atom stereocenters. The molecule has 33 heavy (non-hydrogen) atoms. The van der Waals surface area contributed by atoms with Crippen LogP contribution in [0, 0.1) is 39.4 Å². The van der Waals surface area contributed by atoms with Gasteiger partial charge in [-0.25, -0.2) is 0 Å². The largest absolute Gasteiger partial charge is 0.481 e. The molecule has 0 saturated heterocycles. The van der Waals surface area contributed by atoms with Gasteiger partial charge in [-0.1, -0.05) is 62.3 Å². The van der Waals surface area contributed by atoms with Crippen molar-refractivity contribution in [2.75, 3.05) is 13.6 Å². The topological polar surface area (TPSA) is 77.8 Å². The molecule has 196 valence electrons. The maximum Gasteiger partial charge on any atom is 0.309 e. The average Bonchev–Trinajstić information content (AvgIpc) is 2.50. The summed E-state index contributed by atoms with van der Waals surface area (Å²) in [7, 11) is 2.17. The molecule has 0 saturated carbocycles. The number of hydrogen-bond acceptors (Lipinski definition) is 3. The molecule has 0 radical (unpaired) electrons. The summed E-state index contributed by atoms with van der Waals surface area (Å²) in [6.07, 6.45) is 2.03. The molecular weight excluding hydrogens is 414 g/mol. The Labute approximate surface area is 204 Å². The van der Waals surface area contributed by atoms with E-state index in [-0.39, 0.29) is 34.1 Å². The number of carboxylic acid groups (broad SMARTS) is 2. The van der Waals surface area contributed by atoms with Crippen molar-refractivity contribution >= 4 is 11.9 Å². The minimum absolute atomic E-state index is 0.0471. The van der Waals surface area contributed by atoms with Gasteiger partial charge in [0, 0.05) is 12.1 Å². The summed E-state index contributed by atoms with van der Waals surface area (Å²) in [5.41, 5.74) is -1.95. The van der Waals surface area contributed by atoms with E-state index >= 15 is 0 Å². The van der Waals surface area contributed by atoms with Gasteiger partial charge in [-0.05, 0) is 82.6 Å². The lowest BCUT2D eigenvalue weighted by atomic mass is 9.57. The number of rotatable bonds is 12. The first kappa shape index (κ1) is 31.9. The molecular formula is C28H55NO4. The zero-order chi connectivity index (χ0) is 26.8. The van der Waals surface area contributed by atoms with E-state index in [1.807, 2.05) is 0 Å². The van der Waals surface area contributed by atoms with Gasteiger partial charge in [0.1, 0.15) is 0 Å². The van der Waals surface area contributed by atoms with Crippen LogP contribution in [0.4, 0.5) is 0 Å². The van der Waals surface area contributed by atoms with Crippen LogP contribution in [0.1, 0.15) is 109 Å². The molecule has 0 aliphatic carbocycles. The summed E-state index contributed by atoms with van der Waals surface area (Å²) in [6, 6.07) is 0. The molecule has 0 aliphatic heterocycles. The standard InChI is InChI=1S/C28H55NO4/c1-19(15-24(4,5)6)28(29(14)18-25(7,8)9,20(2)16-26(10,11)22(30)31)21(3)17-27(12,13)23(32)33/h19-21H,15-18H2,1-14H3,(H,30,31)(H,32,33). The minimum Gasteiger partial charge on any atom is -0.481 e. The van der Waals surface area contributed by atoms with E-state index < -0.39 is 22.8 Å². The van der Waals surface area contributed by atoms with Gasteiger partial charge in [0.15, 0.2) is 0 Å². The number of nitrogens with zero attached hydrogens (tertiary/aromatic N) is 1. The third-order valence-corrected chi connectivity index (χ3v) is 7.45. The van der Waals surface area contributed by atoms with Gasteiger partial charge < -0.3 is 10.2 Å². The summed E-state index contributed by atoms with van der Waals surface area (Å²) in [4.78, 5) is 26.6. The highest BCUT2D eigenvalue weighted by Crippen LogP contribution is 2.50. The van der Waals surface area contributed by atoms with Crippen molar-refractivity contribution in [3.05, 3.63) is 0 Å². The smallest absolute Gasteiger partial charge is 0.309 e. The van der Waals surface area contributed by atoms with Crippen LogP contribution in [0.25, 0.3) is 0 Å². The summed E-state index contributed by atoms with van der Waals surface area (Å²) >= 11 is 0. The van der Waals surface area contributed by atoms with Crippen LogP contribution >= 0.6 is 0 Å². The Morgan fingerprint density at radius 1 is 0.636 bits per heavy atom. The Balaban J connectivity index is 6.93. The first-order valence-electron chi connectivity index (χ1n) is 12.6. The molecule has 0 aromatic carbocycles. The van der Waals surface area contributed by atoms with E-state index in [1.54, 1.807) is 27.7 Å². The normalized spacial score (nSPS) is 18.5. The lowest BCUT2D eigenvalue weighted by Gasteiger charge is -2.58. The zero-order valence-corrected chi connectivity index (χ0v) is 24.2. The Bertz CT molecular complexity index is 608. The van der Waals surface area contributed by atoms with Crippen molar-refractivity contribution in [2.45, 2.75) is 115 Å². The fraction of sp³-hybridized carbons (Fsp3) is 0.929. The number of hydrogen-bond donors (Lipinski definition) is 2. The van der Waals surface area contributed by atoms with Crippen LogP contribution in [0.5, 0.6) is 0 Å². The second-order valence-electron chi connectivity index (χ2n) is 14.6. The number of aliphatic carboxylic acids is 2. The van der Waals surface area contributed by atoms with Crippen molar-refractivity contribution in [2.24, 2.45) is 39.4 Å². The van der Waals surface area contributed by atoms with Crippen LogP contribution < -0.4 is 0 Å². The molecule has 0 aromatic rings. The van der Waals surface area contributed by atoms with E-state index in [2.05, 4.69) is 74.3 Å². The van der Waals surface area contributed by atoms with E-state index in [0.29, 0.717) is 12.8 Å². The number of carbonyl (C=O) groups is 2. The molecule has 0 spiro atoms. The Hall–Kier alpha value is -1.10. The number of carboxylic acids is 2. The maximum absolute atomic E-state index is 12.1. The molecule has 5 nitrogen and oxygen atoms in total. The van der Waals surface area contributed by atoms with Gasteiger partial charge in [0.05, 0.1) is 10.8 Å². The summed E-state index contributed by atoms with van der Waals surface area (Å²) in [5, 5.41) is 19.8. The Kier molecular flexibility index (Phi) is 10.3. The fourth-order valence-electron chi connectivity index (χ4n) is 6.55. The van der Waals surface area contributed by atoms with Crippen LogP contribution in [-0.4, -0.2) is 46.2 Å². The van der Waals surface area contributed by atoms with E-state index in [1.165, 1.54) is 0 Å². The molecule has 0 heterocycles. The van der Waals surface area contributed by atoms with Gasteiger partial charge >= 0.3 is 11.9 Å². The minimum atomic E-state index is -0.864. The van der Waals surface area contributed by atoms with Crippen molar-refractivity contribution < 1.29 is 19.8 Å². The third-order valence-electron chi connectivity index (χ3n) is 7.45. The molecule has 0 aromatic heterocycles. The molecule has 0 bridgehead atoms. The molecule has 0 rings (SSSR count). The van der Waals surface area contributed by atoms with Gasteiger partial charge in [0.25, 0.3) is 0 Å². The predicted molar refractivity (Wildman–Crippen MR) is 138 cm³/mol. The molecule has 0 amide bonds. The van der Waals surface area contributed by atoms with Crippen molar-refractivity contribution in [3.8, 4) is 0 Å². The second kappa shape index (κ2) is 10.7. The highest BCUT2D eigenvalue weighted by Gasteiger charge is 2.53. The van der Waals surface area contributed by atoms with Crippen LogP contribution in [0.3, 0.4) is 0 Å². The molecule has 5 heteroatoms. The fourth-order valence-corrected chi connectivity index (χ4v) is 6.55. The van der Waals surface area contributed by atoms with Crippen molar-refractivity contribution in [1.29, 1.82) is 0 Å². The second-order valence-corrected chi connectivity index (χ2v) is 14.6. The van der Waals surface area contributed by atoms with Gasteiger partial charge in [-0.2, -0.15) is 0 Å². The van der Waals surface area contributed by atoms with Crippen molar-refractivity contribution in [1.82, 2.24) is 4.90 Å². The lowest BCUT2D eigenvalue weighted by Crippen LogP contribution is -2.63. The maximum atomic E-state index is 12.1. The Morgan fingerprint density at radius 3 is 1.18 bits per heavy atom. The van der Waals surface area contributed by atoms with E-state index in [9.17, 15) is 19.8 Å². The van der Waals surface area contributed by atoms with E-state index in [0.717, 1.165) is 13.0 Å². The first-order chi connectivity index (χ1) is 14.4. The van der Waals surface area contributed by atoms with Gasteiger partial charge in [-0.15, -0.1) is 0 Å². The lowest BCUT2D eigenvalue weighted by molar-refractivity contribution is -0.152. The van der Waals surface area contributed by atoms with Crippen molar-refractivity contribution in [3.63, 3.8) is 0 Å². The third kappa shape index (κ3) is 8.56. The summed E-state index contributed by atoms with van der Waals surface area (Å²) < 4.78 is 0. The predicted octanol–water partition coefficient (Wildman–Crippen LogP) is 7.05. The summed E-state index contributed by atoms with van der Waals surface area (Å²) in [6.45, 7) is 28.1. The Morgan fingerprint density at radius 2 is 0.939 bits per heavy atom. The van der Waals surface area contributed by atoms with E-state index in [4.69, 9.17) is 0 Å². The monoisotopic (exact) mass is 469 g/mol. The van der Waals surface area contributed by atoms with Crippen LogP contribution in [0.2, 0.25) is 0 Å². The zero-order valence-electron chi connectivity index (χ0n) is 24.2. The molecule has 2 N–H and O–H groups in total. The first-order valence-corrected chi connectivity index (χ1v) is 12.6. The van der Waals surface area contributed by atoms with Crippen LogP contribution in [-0.2, 0) is 9.59 Å². The summed E-state index contributed by atoms with van der Waals surface area (Å²) in [5.74, 6) is -1.24. The van der Waals surface area contributed by atoms with Gasteiger partial charge in [-0.3, -0.25) is 14.5 Å². The molecule has 0 fully saturated rings. The van der Waals surface area contributed by atoms with Crippen LogP contribution in [0.15, 0.2) is 0 Å². The van der Waals surface area contributed by atoms with Gasteiger partial charge in [0.2, 0.25) is 0 Å².